The third-order valence-electron chi connectivity index (χ3n) is 2.98. The Kier molecular flexibility index (Phi) is 4.25. The van der Waals surface area contributed by atoms with Gasteiger partial charge in [-0.15, -0.1) is 0 Å². The summed E-state index contributed by atoms with van der Waals surface area (Å²) < 4.78 is 18.9. The van der Waals surface area contributed by atoms with Gasteiger partial charge in [-0.2, -0.15) is 0 Å². The highest BCUT2D eigenvalue weighted by Gasteiger charge is 2.33. The van der Waals surface area contributed by atoms with Gasteiger partial charge in [-0.1, -0.05) is 11.6 Å². The number of rotatable bonds is 2. The number of morpholine rings is 1. The summed E-state index contributed by atoms with van der Waals surface area (Å²) in [5, 5.41) is 9.16. The number of nitrogens with zero attached hydrogens (tertiary/aromatic N) is 1. The Balaban J connectivity index is 2.21. The van der Waals surface area contributed by atoms with Crippen LogP contribution in [0.15, 0.2) is 18.2 Å². The van der Waals surface area contributed by atoms with Crippen molar-refractivity contribution in [3.8, 4) is 0 Å². The first-order valence-corrected chi connectivity index (χ1v) is 6.39. The second-order valence-corrected chi connectivity index (χ2v) is 5.04. The van der Waals surface area contributed by atoms with E-state index in [1.807, 2.05) is 0 Å². The quantitative estimate of drug-likeness (QED) is 0.904. The monoisotopic (exact) mass is 301 g/mol. The Morgan fingerprint density at radius 3 is 2.75 bits per heavy atom. The number of aliphatic carboxylic acids is 1. The molecule has 0 radical (unpaired) electrons. The molecule has 0 aliphatic carbocycles. The van der Waals surface area contributed by atoms with E-state index in [4.69, 9.17) is 21.4 Å². The van der Waals surface area contributed by atoms with E-state index in [0.29, 0.717) is 0 Å². The number of halogens is 2. The number of carboxylic acids is 1. The molecule has 1 amide bonds. The lowest BCUT2D eigenvalue weighted by Gasteiger charge is -2.35. The lowest BCUT2D eigenvalue weighted by atomic mass is 10.1. The Morgan fingerprint density at radius 2 is 2.15 bits per heavy atom. The van der Waals surface area contributed by atoms with Crippen molar-refractivity contribution in [2.75, 3.05) is 13.1 Å². The Bertz CT molecular complexity index is 551. The van der Waals surface area contributed by atoms with Gasteiger partial charge in [0.1, 0.15) is 5.82 Å². The van der Waals surface area contributed by atoms with Crippen molar-refractivity contribution in [1.29, 1.82) is 0 Å². The maximum Gasteiger partial charge on any atom is 0.334 e. The summed E-state index contributed by atoms with van der Waals surface area (Å²) in [6, 6.07) is 3.75. The van der Waals surface area contributed by atoms with Crippen LogP contribution in [0.1, 0.15) is 17.3 Å². The van der Waals surface area contributed by atoms with Crippen LogP contribution in [0.25, 0.3) is 0 Å². The van der Waals surface area contributed by atoms with Gasteiger partial charge in [0, 0.05) is 11.6 Å². The van der Waals surface area contributed by atoms with E-state index in [0.717, 1.165) is 6.07 Å². The van der Waals surface area contributed by atoms with Crippen molar-refractivity contribution in [3.05, 3.63) is 34.6 Å². The summed E-state index contributed by atoms with van der Waals surface area (Å²) in [4.78, 5) is 24.5. The zero-order chi connectivity index (χ0) is 14.9. The number of hydrogen-bond donors (Lipinski definition) is 1. The molecular weight excluding hydrogens is 289 g/mol. The number of carbonyl (C=O) groups excluding carboxylic acids is 1. The van der Waals surface area contributed by atoms with E-state index in [1.54, 1.807) is 6.92 Å². The Morgan fingerprint density at radius 1 is 1.45 bits per heavy atom. The SMILES string of the molecule is C[C@@H]1CN(C(=O)c2ccc(Cl)cc2F)CC(C(=O)O)O1. The van der Waals surface area contributed by atoms with E-state index in [9.17, 15) is 14.0 Å². The number of ether oxygens (including phenoxy) is 1. The zero-order valence-corrected chi connectivity index (χ0v) is 11.4. The standard InChI is InChI=1S/C13H13ClFNO4/c1-7-5-16(6-11(20-7)13(18)19)12(17)9-3-2-8(14)4-10(9)15/h2-4,7,11H,5-6H2,1H3,(H,18,19)/t7-,11?/m1/s1. The minimum Gasteiger partial charge on any atom is -0.479 e. The van der Waals surface area contributed by atoms with E-state index in [2.05, 4.69) is 0 Å². The lowest BCUT2D eigenvalue weighted by Crippen LogP contribution is -2.51. The molecule has 5 nitrogen and oxygen atoms in total. The summed E-state index contributed by atoms with van der Waals surface area (Å²) in [6.45, 7) is 1.76. The molecule has 108 valence electrons. The van der Waals surface area contributed by atoms with Gasteiger partial charge >= 0.3 is 5.97 Å². The molecule has 2 rings (SSSR count). The number of carboxylic acid groups (broad SMARTS) is 1. The molecule has 1 aliphatic rings. The molecule has 0 spiro atoms. The maximum absolute atomic E-state index is 13.7. The molecule has 20 heavy (non-hydrogen) atoms. The minimum absolute atomic E-state index is 0.111. The second kappa shape index (κ2) is 5.76. The van der Waals surface area contributed by atoms with Gasteiger partial charge in [0.05, 0.1) is 18.2 Å². The molecule has 0 saturated carbocycles. The van der Waals surface area contributed by atoms with Gasteiger partial charge in [-0.25, -0.2) is 9.18 Å². The molecule has 1 unspecified atom stereocenters. The van der Waals surface area contributed by atoms with Gasteiger partial charge < -0.3 is 14.7 Å². The molecule has 0 bridgehead atoms. The zero-order valence-electron chi connectivity index (χ0n) is 10.7. The normalized spacial score (nSPS) is 22.6. The average molecular weight is 302 g/mol. The van der Waals surface area contributed by atoms with Crippen molar-refractivity contribution < 1.29 is 23.8 Å². The first kappa shape index (κ1) is 14.7. The van der Waals surface area contributed by atoms with Crippen LogP contribution < -0.4 is 0 Å². The van der Waals surface area contributed by atoms with Crippen molar-refractivity contribution >= 4 is 23.5 Å². The van der Waals surface area contributed by atoms with Crippen LogP contribution in [0.5, 0.6) is 0 Å². The molecule has 0 aromatic heterocycles. The number of carbonyl (C=O) groups is 2. The van der Waals surface area contributed by atoms with Gasteiger partial charge in [0.25, 0.3) is 5.91 Å². The summed E-state index contributed by atoms with van der Waals surface area (Å²) in [6.07, 6.45) is -1.53. The molecule has 1 aromatic rings. The third kappa shape index (κ3) is 3.08. The number of hydrogen-bond acceptors (Lipinski definition) is 3. The van der Waals surface area contributed by atoms with Crippen LogP contribution in [0.3, 0.4) is 0 Å². The topological polar surface area (TPSA) is 66.8 Å². The van der Waals surface area contributed by atoms with Gasteiger partial charge in [0.2, 0.25) is 0 Å². The fraction of sp³-hybridized carbons (Fsp3) is 0.385. The predicted molar refractivity (Wildman–Crippen MR) is 69.3 cm³/mol. The Labute approximate surface area is 119 Å². The summed E-state index contributed by atoms with van der Waals surface area (Å²) >= 11 is 5.63. The van der Waals surface area contributed by atoms with Crippen molar-refractivity contribution in [2.24, 2.45) is 0 Å². The summed E-state index contributed by atoms with van der Waals surface area (Å²) in [7, 11) is 0. The number of amides is 1. The first-order valence-electron chi connectivity index (χ1n) is 6.01. The van der Waals surface area contributed by atoms with Crippen LogP contribution in [0, 0.1) is 5.82 Å². The largest absolute Gasteiger partial charge is 0.479 e. The first-order chi connectivity index (χ1) is 9.38. The van der Waals surface area contributed by atoms with Crippen LogP contribution >= 0.6 is 11.6 Å². The van der Waals surface area contributed by atoms with Crippen molar-refractivity contribution in [3.63, 3.8) is 0 Å². The highest BCUT2D eigenvalue weighted by Crippen LogP contribution is 2.19. The van der Waals surface area contributed by atoms with Crippen molar-refractivity contribution in [1.82, 2.24) is 4.90 Å². The minimum atomic E-state index is -1.15. The van der Waals surface area contributed by atoms with E-state index >= 15 is 0 Å². The van der Waals surface area contributed by atoms with Crippen LogP contribution in [-0.4, -0.2) is 47.2 Å². The predicted octanol–water partition coefficient (Wildman–Crippen LogP) is 1.79. The number of benzene rings is 1. The molecule has 1 N–H and O–H groups in total. The summed E-state index contributed by atoms with van der Waals surface area (Å²) in [5.74, 6) is -2.44. The third-order valence-corrected chi connectivity index (χ3v) is 3.22. The smallest absolute Gasteiger partial charge is 0.334 e. The highest BCUT2D eigenvalue weighted by atomic mass is 35.5. The van der Waals surface area contributed by atoms with E-state index < -0.39 is 29.9 Å². The van der Waals surface area contributed by atoms with E-state index in [1.165, 1.54) is 17.0 Å². The van der Waals surface area contributed by atoms with Crippen molar-refractivity contribution in [2.45, 2.75) is 19.1 Å². The maximum atomic E-state index is 13.7. The summed E-state index contributed by atoms with van der Waals surface area (Å²) in [5.41, 5.74) is -0.132. The molecule has 1 fully saturated rings. The molecule has 2 atom stereocenters. The molecular formula is C13H13ClFNO4. The molecule has 1 aromatic carbocycles. The second-order valence-electron chi connectivity index (χ2n) is 4.61. The molecule has 1 aliphatic heterocycles. The molecule has 1 saturated heterocycles. The average Bonchev–Trinajstić information content (AvgIpc) is 2.37. The van der Waals surface area contributed by atoms with Gasteiger partial charge in [-0.3, -0.25) is 4.79 Å². The van der Waals surface area contributed by atoms with Crippen LogP contribution in [-0.2, 0) is 9.53 Å². The van der Waals surface area contributed by atoms with Gasteiger partial charge in [0.15, 0.2) is 6.10 Å². The van der Waals surface area contributed by atoms with Gasteiger partial charge in [-0.05, 0) is 25.1 Å². The fourth-order valence-corrected chi connectivity index (χ4v) is 2.25. The molecule has 7 heteroatoms. The van der Waals surface area contributed by atoms with Crippen LogP contribution in [0.2, 0.25) is 5.02 Å². The van der Waals surface area contributed by atoms with Crippen LogP contribution in [0.4, 0.5) is 4.39 Å². The molecule has 1 heterocycles. The lowest BCUT2D eigenvalue weighted by molar-refractivity contribution is -0.160. The fourth-order valence-electron chi connectivity index (χ4n) is 2.09. The Hall–Kier alpha value is -1.66. The van der Waals surface area contributed by atoms with E-state index in [-0.39, 0.29) is 23.7 Å². The highest BCUT2D eigenvalue weighted by molar-refractivity contribution is 6.30.